The van der Waals surface area contributed by atoms with E-state index >= 15 is 0 Å². The lowest BCUT2D eigenvalue weighted by Crippen LogP contribution is -2.28. The van der Waals surface area contributed by atoms with Crippen LogP contribution in [0.5, 0.6) is 0 Å². The Morgan fingerprint density at radius 1 is 1.41 bits per heavy atom. The zero-order chi connectivity index (χ0) is 13.3. The molecule has 0 atom stereocenters. The SMILES string of the molecule is C=CC(=O)NCCCN(C)CCCS(=O)(=O)O. The molecule has 0 radical (unpaired) electrons. The lowest BCUT2D eigenvalue weighted by atomic mass is 10.3. The maximum absolute atomic E-state index is 10.8. The Kier molecular flexibility index (Phi) is 7.77. The number of hydrogen-bond donors (Lipinski definition) is 2. The van der Waals surface area contributed by atoms with Gasteiger partial charge < -0.3 is 10.2 Å². The summed E-state index contributed by atoms with van der Waals surface area (Å²) in [5.41, 5.74) is 0. The van der Waals surface area contributed by atoms with Gasteiger partial charge in [-0.15, -0.1) is 0 Å². The van der Waals surface area contributed by atoms with E-state index in [1.54, 1.807) is 0 Å². The number of amides is 1. The highest BCUT2D eigenvalue weighted by Crippen LogP contribution is 1.93. The summed E-state index contributed by atoms with van der Waals surface area (Å²) in [5, 5.41) is 2.65. The second-order valence-electron chi connectivity index (χ2n) is 3.79. The summed E-state index contributed by atoms with van der Waals surface area (Å²) in [4.78, 5) is 12.8. The molecule has 0 aliphatic carbocycles. The van der Waals surface area contributed by atoms with E-state index in [1.165, 1.54) is 6.08 Å². The second kappa shape index (κ2) is 8.21. The minimum absolute atomic E-state index is 0.195. The molecule has 0 saturated heterocycles. The minimum Gasteiger partial charge on any atom is -0.353 e. The van der Waals surface area contributed by atoms with E-state index < -0.39 is 10.1 Å². The first-order valence-electron chi connectivity index (χ1n) is 5.39. The van der Waals surface area contributed by atoms with Gasteiger partial charge in [0.15, 0.2) is 0 Å². The van der Waals surface area contributed by atoms with Crippen molar-refractivity contribution in [3.05, 3.63) is 12.7 Å². The van der Waals surface area contributed by atoms with E-state index in [0.717, 1.165) is 13.0 Å². The molecule has 0 saturated carbocycles. The van der Waals surface area contributed by atoms with Gasteiger partial charge >= 0.3 is 0 Å². The highest BCUT2D eigenvalue weighted by atomic mass is 32.2. The van der Waals surface area contributed by atoms with Crippen molar-refractivity contribution in [2.24, 2.45) is 0 Å². The summed E-state index contributed by atoms with van der Waals surface area (Å²) >= 11 is 0. The summed E-state index contributed by atoms with van der Waals surface area (Å²) in [6, 6.07) is 0. The van der Waals surface area contributed by atoms with Gasteiger partial charge in [0.25, 0.3) is 10.1 Å². The lowest BCUT2D eigenvalue weighted by molar-refractivity contribution is -0.116. The van der Waals surface area contributed by atoms with E-state index in [4.69, 9.17) is 4.55 Å². The number of nitrogens with one attached hydrogen (secondary N) is 1. The predicted molar refractivity (Wildman–Crippen MR) is 66.4 cm³/mol. The first kappa shape index (κ1) is 16.1. The molecule has 2 N–H and O–H groups in total. The van der Waals surface area contributed by atoms with Crippen LogP contribution in [-0.2, 0) is 14.9 Å². The third kappa shape index (κ3) is 11.3. The largest absolute Gasteiger partial charge is 0.353 e. The Morgan fingerprint density at radius 2 is 2.00 bits per heavy atom. The predicted octanol–water partition coefficient (Wildman–Crippen LogP) is -0.112. The van der Waals surface area contributed by atoms with Gasteiger partial charge in [-0.2, -0.15) is 8.42 Å². The fourth-order valence-electron chi connectivity index (χ4n) is 1.26. The summed E-state index contributed by atoms with van der Waals surface area (Å²) in [6.45, 7) is 5.24. The normalized spacial score (nSPS) is 11.5. The van der Waals surface area contributed by atoms with E-state index in [0.29, 0.717) is 19.5 Å². The van der Waals surface area contributed by atoms with Gasteiger partial charge in [0.1, 0.15) is 0 Å². The smallest absolute Gasteiger partial charge is 0.264 e. The molecule has 0 unspecified atom stereocenters. The second-order valence-corrected chi connectivity index (χ2v) is 5.36. The van der Waals surface area contributed by atoms with Gasteiger partial charge in [-0.3, -0.25) is 9.35 Å². The van der Waals surface area contributed by atoms with Crippen LogP contribution >= 0.6 is 0 Å². The van der Waals surface area contributed by atoms with Crippen molar-refractivity contribution in [3.63, 3.8) is 0 Å². The van der Waals surface area contributed by atoms with Gasteiger partial charge in [0.05, 0.1) is 5.75 Å². The van der Waals surface area contributed by atoms with Crippen LogP contribution in [0.15, 0.2) is 12.7 Å². The van der Waals surface area contributed by atoms with Crippen molar-refractivity contribution < 1.29 is 17.8 Å². The molecule has 17 heavy (non-hydrogen) atoms. The Bertz CT molecular complexity index is 340. The molecule has 0 aliphatic heterocycles. The summed E-state index contributed by atoms with van der Waals surface area (Å²) in [7, 11) is -1.99. The summed E-state index contributed by atoms with van der Waals surface area (Å²) < 4.78 is 29.5. The topological polar surface area (TPSA) is 86.7 Å². The van der Waals surface area contributed by atoms with E-state index in [-0.39, 0.29) is 11.7 Å². The molecule has 0 spiro atoms. The van der Waals surface area contributed by atoms with Gasteiger partial charge in [0, 0.05) is 6.54 Å². The maximum atomic E-state index is 10.8. The molecule has 0 rings (SSSR count). The Labute approximate surface area is 102 Å². The van der Waals surface area contributed by atoms with E-state index in [2.05, 4.69) is 11.9 Å². The quantitative estimate of drug-likeness (QED) is 0.345. The number of rotatable bonds is 9. The molecule has 0 aromatic heterocycles. The molecule has 0 aromatic carbocycles. The van der Waals surface area contributed by atoms with Crippen LogP contribution in [0.1, 0.15) is 12.8 Å². The molecule has 0 aromatic rings. The van der Waals surface area contributed by atoms with Crippen molar-refractivity contribution in [1.29, 1.82) is 0 Å². The van der Waals surface area contributed by atoms with Crippen LogP contribution in [-0.4, -0.2) is 56.2 Å². The standard InChI is InChI=1S/C10H20N2O4S/c1-3-10(13)11-6-4-7-12(2)8-5-9-17(14,15)16/h3H,1,4-9H2,2H3,(H,11,13)(H,14,15,16). The fourth-order valence-corrected chi connectivity index (χ4v) is 1.76. The highest BCUT2D eigenvalue weighted by molar-refractivity contribution is 7.85. The van der Waals surface area contributed by atoms with Crippen molar-refractivity contribution in [2.75, 3.05) is 32.4 Å². The first-order chi connectivity index (χ1) is 7.85. The Balaban J connectivity index is 3.50. The van der Waals surface area contributed by atoms with E-state index in [1.807, 2.05) is 11.9 Å². The Morgan fingerprint density at radius 3 is 2.53 bits per heavy atom. The van der Waals surface area contributed by atoms with Gasteiger partial charge in [0.2, 0.25) is 5.91 Å². The van der Waals surface area contributed by atoms with Crippen molar-refractivity contribution in [3.8, 4) is 0 Å². The number of carbonyl (C=O) groups is 1. The monoisotopic (exact) mass is 264 g/mol. The molecule has 1 amide bonds. The van der Waals surface area contributed by atoms with Crippen LogP contribution < -0.4 is 5.32 Å². The molecule has 0 bridgehead atoms. The van der Waals surface area contributed by atoms with Crippen molar-refractivity contribution >= 4 is 16.0 Å². The zero-order valence-corrected chi connectivity index (χ0v) is 10.9. The minimum atomic E-state index is -3.85. The molecular formula is C10H20N2O4S. The van der Waals surface area contributed by atoms with Gasteiger partial charge in [-0.25, -0.2) is 0 Å². The number of carbonyl (C=O) groups excluding carboxylic acids is 1. The number of nitrogens with zero attached hydrogens (tertiary/aromatic N) is 1. The molecule has 6 nitrogen and oxygen atoms in total. The zero-order valence-electron chi connectivity index (χ0n) is 10.1. The van der Waals surface area contributed by atoms with Crippen molar-refractivity contribution in [1.82, 2.24) is 10.2 Å². The third-order valence-corrected chi connectivity index (χ3v) is 2.95. The average molecular weight is 264 g/mol. The van der Waals surface area contributed by atoms with Crippen LogP contribution in [0, 0.1) is 0 Å². The van der Waals surface area contributed by atoms with Crippen LogP contribution in [0.25, 0.3) is 0 Å². The average Bonchev–Trinajstić information content (AvgIpc) is 2.22. The maximum Gasteiger partial charge on any atom is 0.264 e. The number of hydrogen-bond acceptors (Lipinski definition) is 4. The molecular weight excluding hydrogens is 244 g/mol. The van der Waals surface area contributed by atoms with Crippen LogP contribution in [0.4, 0.5) is 0 Å². The van der Waals surface area contributed by atoms with E-state index in [9.17, 15) is 13.2 Å². The highest BCUT2D eigenvalue weighted by Gasteiger charge is 2.05. The first-order valence-corrected chi connectivity index (χ1v) is 7.00. The van der Waals surface area contributed by atoms with Gasteiger partial charge in [-0.05, 0) is 39.1 Å². The third-order valence-electron chi connectivity index (χ3n) is 2.14. The molecule has 100 valence electrons. The van der Waals surface area contributed by atoms with Crippen LogP contribution in [0.3, 0.4) is 0 Å². The summed E-state index contributed by atoms with van der Waals surface area (Å²) in [6.07, 6.45) is 2.39. The van der Waals surface area contributed by atoms with Crippen molar-refractivity contribution in [2.45, 2.75) is 12.8 Å². The fraction of sp³-hybridized carbons (Fsp3) is 0.700. The summed E-state index contributed by atoms with van der Waals surface area (Å²) in [5.74, 6) is -0.413. The molecule has 0 aliphatic rings. The lowest BCUT2D eigenvalue weighted by Gasteiger charge is -2.15. The molecule has 7 heteroatoms. The van der Waals surface area contributed by atoms with Crippen LogP contribution in [0.2, 0.25) is 0 Å². The van der Waals surface area contributed by atoms with Gasteiger partial charge in [-0.1, -0.05) is 6.58 Å². The molecule has 0 heterocycles. The Hall–Kier alpha value is -0.920. The molecule has 0 fully saturated rings.